The smallest absolute Gasteiger partial charge is 0.121 e. The summed E-state index contributed by atoms with van der Waals surface area (Å²) in [5.74, 6) is 0.912. The number of ether oxygens (including phenoxy) is 1. The van der Waals surface area contributed by atoms with E-state index in [1.54, 1.807) is 0 Å². The molecule has 2 rings (SSSR count). The molecule has 0 atom stereocenters. The molecule has 0 spiro atoms. The van der Waals surface area contributed by atoms with Crippen LogP contribution in [-0.4, -0.2) is 16.4 Å². The van der Waals surface area contributed by atoms with Crippen molar-refractivity contribution >= 4 is 5.69 Å². The summed E-state index contributed by atoms with van der Waals surface area (Å²) in [6, 6.07) is 8.46. The van der Waals surface area contributed by atoms with Crippen molar-refractivity contribution in [1.82, 2.24) is 9.78 Å². The van der Waals surface area contributed by atoms with Crippen molar-refractivity contribution in [2.24, 2.45) is 0 Å². The second-order valence-electron chi connectivity index (χ2n) is 5.15. The van der Waals surface area contributed by atoms with Crippen molar-refractivity contribution in [2.45, 2.75) is 39.8 Å². The molecule has 4 heteroatoms. The van der Waals surface area contributed by atoms with Gasteiger partial charge in [-0.25, -0.2) is 0 Å². The molecule has 0 aliphatic carbocycles. The lowest BCUT2D eigenvalue weighted by atomic mass is 10.3. The van der Waals surface area contributed by atoms with E-state index in [9.17, 15) is 0 Å². The van der Waals surface area contributed by atoms with Gasteiger partial charge in [0.2, 0.25) is 0 Å². The zero-order valence-corrected chi connectivity index (χ0v) is 12.5. The van der Waals surface area contributed by atoms with Gasteiger partial charge in [-0.2, -0.15) is 5.10 Å². The van der Waals surface area contributed by atoms with Gasteiger partial charge in [0, 0.05) is 36.1 Å². The Morgan fingerprint density at radius 1 is 1.35 bits per heavy atom. The Labute approximate surface area is 120 Å². The summed E-state index contributed by atoms with van der Waals surface area (Å²) < 4.78 is 7.60. The predicted octanol–water partition coefficient (Wildman–Crippen LogP) is 3.86. The van der Waals surface area contributed by atoms with Crippen LogP contribution in [-0.2, 0) is 6.54 Å². The maximum Gasteiger partial charge on any atom is 0.121 e. The van der Waals surface area contributed by atoms with Gasteiger partial charge in [0.25, 0.3) is 0 Å². The molecule has 1 heterocycles. The van der Waals surface area contributed by atoms with Crippen LogP contribution in [0.3, 0.4) is 0 Å². The third-order valence-electron chi connectivity index (χ3n) is 2.99. The molecule has 0 saturated carbocycles. The predicted molar refractivity (Wildman–Crippen MR) is 82.2 cm³/mol. The molecular formula is C16H23N3O. The molecule has 0 aliphatic rings. The van der Waals surface area contributed by atoms with Crippen LogP contribution in [0.2, 0.25) is 0 Å². The Balaban J connectivity index is 1.92. The van der Waals surface area contributed by atoms with Crippen molar-refractivity contribution in [3.05, 3.63) is 42.2 Å². The monoisotopic (exact) mass is 273 g/mol. The van der Waals surface area contributed by atoms with Gasteiger partial charge in [0.1, 0.15) is 5.75 Å². The molecule has 2 aromatic rings. The van der Waals surface area contributed by atoms with Crippen molar-refractivity contribution in [3.8, 4) is 5.75 Å². The molecule has 0 radical (unpaired) electrons. The van der Waals surface area contributed by atoms with E-state index in [0.717, 1.165) is 31.0 Å². The van der Waals surface area contributed by atoms with Crippen molar-refractivity contribution < 1.29 is 4.74 Å². The molecular weight excluding hydrogens is 250 g/mol. The number of hydrogen-bond acceptors (Lipinski definition) is 3. The van der Waals surface area contributed by atoms with E-state index in [0.29, 0.717) is 6.04 Å². The van der Waals surface area contributed by atoms with Crippen molar-refractivity contribution in [2.75, 3.05) is 11.9 Å². The molecule has 0 unspecified atom stereocenters. The average Bonchev–Trinajstić information content (AvgIpc) is 2.92. The Morgan fingerprint density at radius 3 is 2.90 bits per heavy atom. The minimum atomic E-state index is 0.398. The van der Waals surface area contributed by atoms with Gasteiger partial charge >= 0.3 is 0 Å². The fourth-order valence-electron chi connectivity index (χ4n) is 1.87. The van der Waals surface area contributed by atoms with Gasteiger partial charge < -0.3 is 10.1 Å². The molecule has 20 heavy (non-hydrogen) atoms. The largest absolute Gasteiger partial charge is 0.494 e. The molecule has 4 nitrogen and oxygen atoms in total. The molecule has 1 aromatic heterocycles. The second kappa shape index (κ2) is 6.98. The van der Waals surface area contributed by atoms with E-state index in [1.807, 2.05) is 35.1 Å². The summed E-state index contributed by atoms with van der Waals surface area (Å²) in [7, 11) is 0. The molecule has 0 amide bonds. The summed E-state index contributed by atoms with van der Waals surface area (Å²) in [5, 5.41) is 7.73. The summed E-state index contributed by atoms with van der Waals surface area (Å²) in [4.78, 5) is 0. The standard InChI is InChI=1S/C16H23N3O/c1-4-8-20-16-7-5-6-15(9-16)17-10-14-11-18-19(12-14)13(2)3/h5-7,9,11-13,17H,4,8,10H2,1-3H3. The zero-order valence-electron chi connectivity index (χ0n) is 12.5. The SMILES string of the molecule is CCCOc1cccc(NCc2cnn(C(C)C)c2)c1. The molecule has 1 aromatic carbocycles. The lowest BCUT2D eigenvalue weighted by Crippen LogP contribution is -2.01. The zero-order chi connectivity index (χ0) is 14.4. The Bertz CT molecular complexity index is 534. The number of nitrogens with zero attached hydrogens (tertiary/aromatic N) is 2. The molecule has 0 aliphatic heterocycles. The van der Waals surface area contributed by atoms with Crippen LogP contribution >= 0.6 is 0 Å². The average molecular weight is 273 g/mol. The topological polar surface area (TPSA) is 39.1 Å². The third-order valence-corrected chi connectivity index (χ3v) is 2.99. The highest BCUT2D eigenvalue weighted by molar-refractivity contribution is 5.48. The van der Waals surface area contributed by atoms with Crippen LogP contribution in [0.25, 0.3) is 0 Å². The van der Waals surface area contributed by atoms with Crippen LogP contribution in [0.1, 0.15) is 38.8 Å². The summed E-state index contributed by atoms with van der Waals surface area (Å²) in [6.45, 7) is 7.88. The fourth-order valence-corrected chi connectivity index (χ4v) is 1.87. The highest BCUT2D eigenvalue weighted by Gasteiger charge is 2.02. The number of benzene rings is 1. The van der Waals surface area contributed by atoms with Crippen molar-refractivity contribution in [3.63, 3.8) is 0 Å². The van der Waals surface area contributed by atoms with E-state index in [2.05, 4.69) is 37.4 Å². The molecule has 0 fully saturated rings. The highest BCUT2D eigenvalue weighted by Crippen LogP contribution is 2.18. The minimum absolute atomic E-state index is 0.398. The molecule has 108 valence electrons. The Morgan fingerprint density at radius 2 is 2.20 bits per heavy atom. The van der Waals surface area contributed by atoms with Crippen molar-refractivity contribution in [1.29, 1.82) is 0 Å². The van der Waals surface area contributed by atoms with E-state index in [-0.39, 0.29) is 0 Å². The Kier molecular flexibility index (Phi) is 5.04. The van der Waals surface area contributed by atoms with Gasteiger partial charge in [-0.15, -0.1) is 0 Å². The van der Waals surface area contributed by atoms with Gasteiger partial charge in [0.05, 0.1) is 12.8 Å². The first kappa shape index (κ1) is 14.4. The first-order valence-electron chi connectivity index (χ1n) is 7.19. The van der Waals surface area contributed by atoms with Gasteiger partial charge in [-0.3, -0.25) is 4.68 Å². The maximum atomic E-state index is 5.63. The minimum Gasteiger partial charge on any atom is -0.494 e. The number of aromatic nitrogens is 2. The van der Waals surface area contributed by atoms with Gasteiger partial charge in [-0.05, 0) is 32.4 Å². The normalized spacial score (nSPS) is 10.8. The van der Waals surface area contributed by atoms with Crippen LogP contribution in [0, 0.1) is 0 Å². The van der Waals surface area contributed by atoms with Gasteiger partial charge in [0.15, 0.2) is 0 Å². The van der Waals surface area contributed by atoms with E-state index in [1.165, 1.54) is 5.56 Å². The number of anilines is 1. The first-order valence-corrected chi connectivity index (χ1v) is 7.19. The first-order chi connectivity index (χ1) is 9.69. The van der Waals surface area contributed by atoms with E-state index in [4.69, 9.17) is 4.74 Å². The van der Waals surface area contributed by atoms with E-state index >= 15 is 0 Å². The molecule has 0 bridgehead atoms. The summed E-state index contributed by atoms with van der Waals surface area (Å²) >= 11 is 0. The summed E-state index contributed by atoms with van der Waals surface area (Å²) in [6.07, 6.45) is 5.01. The van der Waals surface area contributed by atoms with Gasteiger partial charge in [-0.1, -0.05) is 13.0 Å². The lowest BCUT2D eigenvalue weighted by Gasteiger charge is -2.08. The fraction of sp³-hybridized carbons (Fsp3) is 0.438. The van der Waals surface area contributed by atoms with Crippen LogP contribution in [0.15, 0.2) is 36.7 Å². The molecule has 0 saturated heterocycles. The van der Waals surface area contributed by atoms with Crippen LogP contribution in [0.5, 0.6) is 5.75 Å². The van der Waals surface area contributed by atoms with E-state index < -0.39 is 0 Å². The Hall–Kier alpha value is -1.97. The molecule has 1 N–H and O–H groups in total. The third kappa shape index (κ3) is 4.02. The van der Waals surface area contributed by atoms with Crippen LogP contribution < -0.4 is 10.1 Å². The summed E-state index contributed by atoms with van der Waals surface area (Å²) in [5.41, 5.74) is 2.24. The maximum absolute atomic E-state index is 5.63. The number of rotatable bonds is 7. The lowest BCUT2D eigenvalue weighted by molar-refractivity contribution is 0.317. The van der Waals surface area contributed by atoms with Crippen LogP contribution in [0.4, 0.5) is 5.69 Å². The second-order valence-corrected chi connectivity index (χ2v) is 5.15. The number of hydrogen-bond donors (Lipinski definition) is 1. The quantitative estimate of drug-likeness (QED) is 0.832. The highest BCUT2D eigenvalue weighted by atomic mass is 16.5. The number of nitrogens with one attached hydrogen (secondary N) is 1.